The van der Waals surface area contributed by atoms with Crippen molar-refractivity contribution in [3.05, 3.63) is 70.8 Å². The van der Waals surface area contributed by atoms with Crippen molar-refractivity contribution in [3.8, 4) is 0 Å². The van der Waals surface area contributed by atoms with Crippen molar-refractivity contribution >= 4 is 5.91 Å². The average Bonchev–Trinajstić information content (AvgIpc) is 2.65. The lowest BCUT2D eigenvalue weighted by Crippen LogP contribution is -2.45. The summed E-state index contributed by atoms with van der Waals surface area (Å²) >= 11 is 0. The smallest absolute Gasteiger partial charge is 0.220 e. The molecular formula is C22H28N2O. The van der Waals surface area contributed by atoms with Gasteiger partial charge in [-0.2, -0.15) is 0 Å². The van der Waals surface area contributed by atoms with Crippen LogP contribution in [0.4, 0.5) is 0 Å². The lowest BCUT2D eigenvalue weighted by Gasteiger charge is -2.34. The number of amides is 1. The molecule has 1 amide bonds. The fourth-order valence-electron chi connectivity index (χ4n) is 3.50. The van der Waals surface area contributed by atoms with Gasteiger partial charge in [0.25, 0.3) is 0 Å². The maximum absolute atomic E-state index is 12.2. The van der Waals surface area contributed by atoms with Gasteiger partial charge < -0.3 is 5.32 Å². The summed E-state index contributed by atoms with van der Waals surface area (Å²) in [5.41, 5.74) is 5.48. The molecule has 1 aliphatic heterocycles. The molecule has 0 saturated heterocycles. The van der Waals surface area contributed by atoms with E-state index in [-0.39, 0.29) is 5.91 Å². The van der Waals surface area contributed by atoms with Crippen LogP contribution in [0.25, 0.3) is 0 Å². The molecule has 2 aromatic carbocycles. The van der Waals surface area contributed by atoms with Gasteiger partial charge in [-0.3, -0.25) is 9.69 Å². The molecule has 3 heteroatoms. The molecule has 132 valence electrons. The van der Waals surface area contributed by atoms with Crippen LogP contribution in [0.2, 0.25) is 0 Å². The second kappa shape index (κ2) is 8.30. The Morgan fingerprint density at radius 1 is 1.12 bits per heavy atom. The second-order valence-corrected chi connectivity index (χ2v) is 7.02. The minimum atomic E-state index is 0.144. The molecule has 1 atom stereocenters. The lowest BCUT2D eigenvalue weighted by atomic mass is 9.92. The summed E-state index contributed by atoms with van der Waals surface area (Å²) in [6, 6.07) is 17.4. The average molecular weight is 336 g/mol. The van der Waals surface area contributed by atoms with Gasteiger partial charge in [-0.1, -0.05) is 55.5 Å². The number of carbonyl (C=O) groups excluding carboxylic acids is 1. The van der Waals surface area contributed by atoms with Gasteiger partial charge in [0.05, 0.1) is 0 Å². The predicted molar refractivity (Wildman–Crippen MR) is 103 cm³/mol. The highest BCUT2D eigenvalue weighted by Gasteiger charge is 2.23. The molecule has 0 fully saturated rings. The Bertz CT molecular complexity index is 711. The van der Waals surface area contributed by atoms with Crippen molar-refractivity contribution in [2.24, 2.45) is 0 Å². The number of fused-ring (bicyclic) bond motifs is 1. The molecule has 0 aromatic heterocycles. The molecule has 3 nitrogen and oxygen atoms in total. The number of carbonyl (C=O) groups is 1. The number of likely N-dealkylation sites (N-methyl/N-ethyl adjacent to an activating group) is 1. The molecule has 2 aromatic rings. The van der Waals surface area contributed by atoms with Crippen LogP contribution < -0.4 is 5.32 Å². The van der Waals surface area contributed by atoms with E-state index in [0.29, 0.717) is 12.5 Å². The summed E-state index contributed by atoms with van der Waals surface area (Å²) in [5, 5.41) is 3.13. The van der Waals surface area contributed by atoms with E-state index < -0.39 is 0 Å². The highest BCUT2D eigenvalue weighted by atomic mass is 16.1. The summed E-state index contributed by atoms with van der Waals surface area (Å²) in [6.07, 6.45) is 3.44. The normalized spacial score (nSPS) is 17.1. The zero-order valence-electron chi connectivity index (χ0n) is 15.3. The van der Waals surface area contributed by atoms with E-state index in [4.69, 9.17) is 0 Å². The Balaban J connectivity index is 1.51. The first-order valence-electron chi connectivity index (χ1n) is 9.27. The van der Waals surface area contributed by atoms with Gasteiger partial charge in [-0.15, -0.1) is 0 Å². The van der Waals surface area contributed by atoms with Crippen LogP contribution in [0.3, 0.4) is 0 Å². The maximum atomic E-state index is 12.2. The van der Waals surface area contributed by atoms with Crippen molar-refractivity contribution in [3.63, 3.8) is 0 Å². The molecule has 0 unspecified atom stereocenters. The van der Waals surface area contributed by atoms with Crippen molar-refractivity contribution in [2.75, 3.05) is 13.6 Å². The van der Waals surface area contributed by atoms with E-state index in [1.54, 1.807) is 0 Å². The maximum Gasteiger partial charge on any atom is 0.220 e. The highest BCUT2D eigenvalue weighted by molar-refractivity contribution is 5.76. The third-order valence-electron chi connectivity index (χ3n) is 5.20. The van der Waals surface area contributed by atoms with Crippen molar-refractivity contribution in [2.45, 2.75) is 45.2 Å². The van der Waals surface area contributed by atoms with Crippen LogP contribution in [0.1, 0.15) is 35.6 Å². The molecular weight excluding hydrogens is 308 g/mol. The minimum absolute atomic E-state index is 0.144. The number of aryl methyl sites for hydroxylation is 2. The summed E-state index contributed by atoms with van der Waals surface area (Å²) in [5.74, 6) is 0.144. The van der Waals surface area contributed by atoms with Crippen molar-refractivity contribution in [1.29, 1.82) is 0 Å². The van der Waals surface area contributed by atoms with Gasteiger partial charge >= 0.3 is 0 Å². The topological polar surface area (TPSA) is 32.3 Å². The summed E-state index contributed by atoms with van der Waals surface area (Å²) in [4.78, 5) is 14.5. The first-order chi connectivity index (χ1) is 12.2. The number of rotatable bonds is 6. The van der Waals surface area contributed by atoms with Crippen molar-refractivity contribution < 1.29 is 4.79 Å². The molecule has 1 aliphatic rings. The second-order valence-electron chi connectivity index (χ2n) is 7.02. The Kier molecular flexibility index (Phi) is 5.87. The highest BCUT2D eigenvalue weighted by Crippen LogP contribution is 2.23. The fourth-order valence-corrected chi connectivity index (χ4v) is 3.50. The quantitative estimate of drug-likeness (QED) is 0.877. The zero-order chi connectivity index (χ0) is 17.6. The molecule has 0 spiro atoms. The zero-order valence-corrected chi connectivity index (χ0v) is 15.3. The Morgan fingerprint density at radius 3 is 2.68 bits per heavy atom. The number of nitrogens with one attached hydrogen (secondary N) is 1. The van der Waals surface area contributed by atoms with Crippen LogP contribution >= 0.6 is 0 Å². The Morgan fingerprint density at radius 2 is 1.92 bits per heavy atom. The molecule has 25 heavy (non-hydrogen) atoms. The fraction of sp³-hybridized carbons (Fsp3) is 0.409. The molecule has 0 aliphatic carbocycles. The van der Waals surface area contributed by atoms with Crippen LogP contribution in [0.15, 0.2) is 48.5 Å². The van der Waals surface area contributed by atoms with E-state index in [9.17, 15) is 4.79 Å². The number of benzene rings is 2. The Labute approximate surface area is 151 Å². The predicted octanol–water partition coefficient (Wildman–Crippen LogP) is 3.35. The number of hydrogen-bond acceptors (Lipinski definition) is 2. The molecule has 1 heterocycles. The van der Waals surface area contributed by atoms with E-state index in [2.05, 4.69) is 54.5 Å². The molecule has 0 saturated carbocycles. The van der Waals surface area contributed by atoms with E-state index in [0.717, 1.165) is 32.4 Å². The van der Waals surface area contributed by atoms with Crippen LogP contribution in [0.5, 0.6) is 0 Å². The van der Waals surface area contributed by atoms with Crippen LogP contribution in [-0.2, 0) is 30.6 Å². The van der Waals surface area contributed by atoms with Crippen molar-refractivity contribution in [1.82, 2.24) is 10.2 Å². The molecule has 0 radical (unpaired) electrons. The third-order valence-corrected chi connectivity index (χ3v) is 5.20. The molecule has 3 rings (SSSR count). The van der Waals surface area contributed by atoms with Gasteiger partial charge in [0, 0.05) is 25.6 Å². The van der Waals surface area contributed by atoms with E-state index in [1.807, 2.05) is 18.2 Å². The largest absolute Gasteiger partial charge is 0.355 e. The van der Waals surface area contributed by atoms with Crippen LogP contribution in [0, 0.1) is 0 Å². The monoisotopic (exact) mass is 336 g/mol. The molecule has 0 bridgehead atoms. The first-order valence-corrected chi connectivity index (χ1v) is 9.27. The SMILES string of the molecule is CCc1ccc2c(c1)C[C@H](CNC(=O)CCc1ccccc1)N(C)C2. The van der Waals surface area contributed by atoms with Gasteiger partial charge in [0.1, 0.15) is 0 Å². The molecule has 1 N–H and O–H groups in total. The summed E-state index contributed by atoms with van der Waals surface area (Å²) < 4.78 is 0. The number of nitrogens with zero attached hydrogens (tertiary/aromatic N) is 1. The van der Waals surface area contributed by atoms with Gasteiger partial charge in [0.2, 0.25) is 5.91 Å². The summed E-state index contributed by atoms with van der Waals surface area (Å²) in [6.45, 7) is 3.88. The van der Waals surface area contributed by atoms with Gasteiger partial charge in [0.15, 0.2) is 0 Å². The standard InChI is InChI=1S/C22H28N2O/c1-3-17-9-11-19-16-24(2)21(14-20(19)13-17)15-23-22(25)12-10-18-7-5-4-6-8-18/h4-9,11,13,21H,3,10,12,14-16H2,1-2H3,(H,23,25)/t21-/m1/s1. The lowest BCUT2D eigenvalue weighted by molar-refractivity contribution is -0.121. The summed E-state index contributed by atoms with van der Waals surface area (Å²) in [7, 11) is 2.15. The van der Waals surface area contributed by atoms with Crippen LogP contribution in [-0.4, -0.2) is 30.4 Å². The van der Waals surface area contributed by atoms with E-state index in [1.165, 1.54) is 22.3 Å². The Hall–Kier alpha value is -2.13. The third kappa shape index (κ3) is 4.70. The first kappa shape index (κ1) is 17.7. The van der Waals surface area contributed by atoms with Gasteiger partial charge in [-0.25, -0.2) is 0 Å². The number of hydrogen-bond donors (Lipinski definition) is 1. The van der Waals surface area contributed by atoms with Gasteiger partial charge in [-0.05, 0) is 48.6 Å². The minimum Gasteiger partial charge on any atom is -0.355 e. The van der Waals surface area contributed by atoms with E-state index >= 15 is 0 Å².